The monoisotopic (exact) mass is 461 g/mol. The molecule has 2 aromatic heterocycles. The molecule has 2 aliphatic heterocycles. The Bertz CT molecular complexity index is 1110. The van der Waals surface area contributed by atoms with Crippen LogP contribution in [0.4, 0.5) is 17.4 Å². The highest BCUT2D eigenvalue weighted by Crippen LogP contribution is 2.34. The fourth-order valence-corrected chi connectivity index (χ4v) is 4.21. The molecule has 2 N–H and O–H groups in total. The second-order valence-electron chi connectivity index (χ2n) is 8.34. The van der Waals surface area contributed by atoms with Gasteiger partial charge in [-0.15, -0.1) is 12.4 Å². The summed E-state index contributed by atoms with van der Waals surface area (Å²) in [5.74, 6) is -0.327. The number of fused-ring (bicyclic) bond motifs is 1. The van der Waals surface area contributed by atoms with E-state index < -0.39 is 0 Å². The minimum Gasteiger partial charge on any atom is -0.431 e. The van der Waals surface area contributed by atoms with Crippen molar-refractivity contribution < 1.29 is 14.3 Å². The predicted molar refractivity (Wildman–Crippen MR) is 125 cm³/mol. The first-order valence-electron chi connectivity index (χ1n) is 10.6. The van der Waals surface area contributed by atoms with E-state index in [0.29, 0.717) is 24.7 Å². The zero-order valence-corrected chi connectivity index (χ0v) is 19.0. The minimum atomic E-state index is -0.366. The number of piperazine rings is 1. The van der Waals surface area contributed by atoms with Crippen molar-refractivity contribution in [3.63, 3.8) is 0 Å². The van der Waals surface area contributed by atoms with Crippen molar-refractivity contribution in [1.82, 2.24) is 19.7 Å². The minimum absolute atomic E-state index is 0. The summed E-state index contributed by atoms with van der Waals surface area (Å²) in [6, 6.07) is 4.40. The number of carbonyl (C=O) groups excluding carboxylic acids is 1. The van der Waals surface area contributed by atoms with Crippen molar-refractivity contribution in [2.75, 3.05) is 61.4 Å². The van der Waals surface area contributed by atoms with Gasteiger partial charge >= 0.3 is 0 Å². The molecule has 172 valence electrons. The molecule has 2 fully saturated rings. The Morgan fingerprint density at radius 1 is 1.16 bits per heavy atom. The molecule has 1 amide bonds. The lowest BCUT2D eigenvalue weighted by Crippen LogP contribution is -2.44. The average Bonchev–Trinajstić information content (AvgIpc) is 3.49. The lowest BCUT2D eigenvalue weighted by atomic mass is 10.1. The predicted octanol–water partition coefficient (Wildman–Crippen LogP) is 1.56. The van der Waals surface area contributed by atoms with Gasteiger partial charge in [0, 0.05) is 51.7 Å². The summed E-state index contributed by atoms with van der Waals surface area (Å²) < 4.78 is 7.37. The highest BCUT2D eigenvalue weighted by atomic mass is 35.5. The fourth-order valence-electron chi connectivity index (χ4n) is 4.21. The molecule has 2 aliphatic rings. The first-order chi connectivity index (χ1) is 15.0. The second-order valence-corrected chi connectivity index (χ2v) is 8.34. The molecule has 1 atom stereocenters. The third-order valence-electron chi connectivity index (χ3n) is 6.11. The van der Waals surface area contributed by atoms with Gasteiger partial charge in [-0.2, -0.15) is 10.1 Å². The van der Waals surface area contributed by atoms with Crippen molar-refractivity contribution in [1.29, 1.82) is 0 Å². The molecule has 3 aromatic rings. The normalized spacial score (nSPS) is 19.4. The van der Waals surface area contributed by atoms with Crippen LogP contribution in [0.25, 0.3) is 10.9 Å². The number of likely N-dealkylation sites (N-methyl/N-ethyl adjacent to an activating group) is 1. The number of aryl methyl sites for hydroxylation is 1. The first-order valence-corrected chi connectivity index (χ1v) is 10.6. The molecule has 0 saturated carbocycles. The molecule has 5 rings (SSSR count). The van der Waals surface area contributed by atoms with E-state index in [9.17, 15) is 9.90 Å². The van der Waals surface area contributed by atoms with Crippen molar-refractivity contribution in [3.05, 3.63) is 30.3 Å². The largest absolute Gasteiger partial charge is 0.431 e. The van der Waals surface area contributed by atoms with Gasteiger partial charge in [0.1, 0.15) is 6.26 Å². The Morgan fingerprint density at radius 2 is 1.94 bits per heavy atom. The molecule has 11 heteroatoms. The van der Waals surface area contributed by atoms with Gasteiger partial charge < -0.3 is 29.5 Å². The van der Waals surface area contributed by atoms with Crippen LogP contribution < -0.4 is 15.1 Å². The van der Waals surface area contributed by atoms with Gasteiger partial charge in [-0.05, 0) is 25.6 Å². The van der Waals surface area contributed by atoms with E-state index in [0.717, 1.165) is 49.3 Å². The van der Waals surface area contributed by atoms with Crippen LogP contribution in [0.5, 0.6) is 0 Å². The van der Waals surface area contributed by atoms with E-state index in [-0.39, 0.29) is 30.1 Å². The highest BCUT2D eigenvalue weighted by molar-refractivity contribution is 6.06. The van der Waals surface area contributed by atoms with Crippen LogP contribution in [0.2, 0.25) is 0 Å². The highest BCUT2D eigenvalue weighted by Gasteiger charge is 2.25. The van der Waals surface area contributed by atoms with Gasteiger partial charge in [0.2, 0.25) is 0 Å². The Balaban J connectivity index is 0.00000245. The number of nitrogens with one attached hydrogen (secondary N) is 1. The van der Waals surface area contributed by atoms with E-state index in [1.54, 1.807) is 10.9 Å². The zero-order chi connectivity index (χ0) is 21.5. The van der Waals surface area contributed by atoms with Gasteiger partial charge in [0.05, 0.1) is 29.2 Å². The quantitative estimate of drug-likeness (QED) is 0.603. The van der Waals surface area contributed by atoms with E-state index >= 15 is 0 Å². The first kappa shape index (κ1) is 22.4. The number of aromatic nitrogens is 3. The number of carbonyl (C=O) groups is 1. The van der Waals surface area contributed by atoms with Crippen molar-refractivity contribution in [3.8, 4) is 0 Å². The molecule has 2 saturated heterocycles. The maximum Gasteiger partial charge on any atom is 0.298 e. The molecule has 4 heterocycles. The average molecular weight is 462 g/mol. The summed E-state index contributed by atoms with van der Waals surface area (Å²) in [6.07, 6.45) is 3.55. The number of hydrogen-bond donors (Lipinski definition) is 2. The number of oxazole rings is 1. The molecule has 10 nitrogen and oxygen atoms in total. The van der Waals surface area contributed by atoms with E-state index in [1.165, 1.54) is 6.26 Å². The van der Waals surface area contributed by atoms with Gasteiger partial charge in [0.25, 0.3) is 11.9 Å². The number of anilines is 3. The fraction of sp³-hybridized carbons (Fsp3) is 0.476. The molecule has 0 bridgehead atoms. The van der Waals surface area contributed by atoms with E-state index in [1.807, 2.05) is 19.2 Å². The van der Waals surface area contributed by atoms with E-state index in [4.69, 9.17) is 4.42 Å². The van der Waals surface area contributed by atoms with Crippen molar-refractivity contribution in [2.24, 2.45) is 7.05 Å². The summed E-state index contributed by atoms with van der Waals surface area (Å²) in [5.41, 5.74) is 2.69. The number of aliphatic hydroxyl groups is 1. The Kier molecular flexibility index (Phi) is 6.27. The maximum atomic E-state index is 13.0. The number of hydrogen-bond acceptors (Lipinski definition) is 8. The van der Waals surface area contributed by atoms with Crippen LogP contribution in [0.15, 0.2) is 29.0 Å². The SMILES string of the molecule is CN1CCN(c2nc(C(=O)Nc3cc4c(cnn4C)cc3N3CC[C@H](O)C3)co2)CC1.Cl. The van der Waals surface area contributed by atoms with Crippen LogP contribution in [0, 0.1) is 0 Å². The molecule has 0 spiro atoms. The summed E-state index contributed by atoms with van der Waals surface area (Å²) in [4.78, 5) is 23.8. The van der Waals surface area contributed by atoms with Crippen molar-refractivity contribution in [2.45, 2.75) is 12.5 Å². The summed E-state index contributed by atoms with van der Waals surface area (Å²) in [7, 11) is 3.95. The van der Waals surface area contributed by atoms with Gasteiger partial charge in [-0.25, -0.2) is 0 Å². The maximum absolute atomic E-state index is 13.0. The molecular formula is C21H28ClN7O3. The summed E-state index contributed by atoms with van der Waals surface area (Å²) >= 11 is 0. The Labute approximate surface area is 192 Å². The topological polar surface area (TPSA) is 103 Å². The number of amides is 1. The molecular weight excluding hydrogens is 434 g/mol. The van der Waals surface area contributed by atoms with Gasteiger partial charge in [0.15, 0.2) is 5.69 Å². The lowest BCUT2D eigenvalue weighted by molar-refractivity contribution is 0.102. The van der Waals surface area contributed by atoms with Crippen molar-refractivity contribution >= 4 is 46.6 Å². The lowest BCUT2D eigenvalue weighted by Gasteiger charge is -2.31. The standard InChI is InChI=1S/C21H27N7O3.ClH/c1-25-5-7-27(8-6-25)21-24-17(13-31-21)20(30)23-16-10-18-14(11-22-26(18)2)9-19(16)28-4-3-15(29)12-28;/h9-11,13,15,29H,3-8,12H2,1-2H3,(H,23,30);1H/t15-;/m0./s1. The van der Waals surface area contributed by atoms with E-state index in [2.05, 4.69) is 37.1 Å². The van der Waals surface area contributed by atoms with Gasteiger partial charge in [-0.1, -0.05) is 0 Å². The van der Waals surface area contributed by atoms with Crippen LogP contribution in [0.1, 0.15) is 16.9 Å². The number of halogens is 1. The number of aliphatic hydroxyl groups excluding tert-OH is 1. The Morgan fingerprint density at radius 3 is 2.66 bits per heavy atom. The number of benzene rings is 1. The number of β-amino-alcohol motifs (C(OH)–C–C–N with tert-alkyl or cyclic N) is 1. The third-order valence-corrected chi connectivity index (χ3v) is 6.11. The Hall–Kier alpha value is -2.82. The molecule has 0 aliphatic carbocycles. The van der Waals surface area contributed by atoms with Crippen LogP contribution in [-0.2, 0) is 7.05 Å². The van der Waals surface area contributed by atoms with Crippen LogP contribution in [-0.4, -0.2) is 83.1 Å². The van der Waals surface area contributed by atoms with Gasteiger partial charge in [-0.3, -0.25) is 9.48 Å². The zero-order valence-electron chi connectivity index (χ0n) is 18.2. The van der Waals surface area contributed by atoms with Crippen LogP contribution in [0.3, 0.4) is 0 Å². The third kappa shape index (κ3) is 4.25. The molecule has 0 radical (unpaired) electrons. The molecule has 1 aromatic carbocycles. The molecule has 32 heavy (non-hydrogen) atoms. The number of rotatable bonds is 4. The number of nitrogens with zero attached hydrogens (tertiary/aromatic N) is 6. The second kappa shape index (κ2) is 8.97. The summed E-state index contributed by atoms with van der Waals surface area (Å²) in [5, 5.41) is 18.3. The van der Waals surface area contributed by atoms with Crippen LogP contribution >= 0.6 is 12.4 Å². The molecule has 0 unspecified atom stereocenters. The summed E-state index contributed by atoms with van der Waals surface area (Å²) in [6.45, 7) is 4.76. The smallest absolute Gasteiger partial charge is 0.298 e.